The van der Waals surface area contributed by atoms with Crippen molar-refractivity contribution in [2.45, 2.75) is 51.0 Å². The van der Waals surface area contributed by atoms with Crippen LogP contribution in [0.15, 0.2) is 36.4 Å². The molecule has 8 heteroatoms. The average molecular weight is 456 g/mol. The first-order valence-electron chi connectivity index (χ1n) is 10.6. The molecule has 1 aromatic heterocycles. The fourth-order valence-corrected chi connectivity index (χ4v) is 4.32. The number of benzene rings is 2. The number of phenols is 2. The summed E-state index contributed by atoms with van der Waals surface area (Å²) < 4.78 is 14.6. The van der Waals surface area contributed by atoms with Crippen LogP contribution in [0.25, 0.3) is 10.9 Å². The summed E-state index contributed by atoms with van der Waals surface area (Å²) in [6, 6.07) is 10.5. The largest absolute Gasteiger partial charge is 0.598 e. The van der Waals surface area contributed by atoms with E-state index in [1.807, 2.05) is 12.1 Å². The predicted molar refractivity (Wildman–Crippen MR) is 127 cm³/mol. The van der Waals surface area contributed by atoms with E-state index >= 15 is 0 Å². The first-order chi connectivity index (χ1) is 15.0. The summed E-state index contributed by atoms with van der Waals surface area (Å²) in [6.45, 7) is 6.78. The Morgan fingerprint density at radius 2 is 1.88 bits per heavy atom. The van der Waals surface area contributed by atoms with Gasteiger partial charge in [-0.15, -0.1) is 4.72 Å². The average Bonchev–Trinajstić information content (AvgIpc) is 3.40. The zero-order chi connectivity index (χ0) is 23.3. The SMILES string of the molecule is C[S+]([O-])NCc1cc(NC(=O)C2(c3ccc(O)c(O)c3)CC2)cc2cc(C(C)(C)C)[nH]c12. The third-order valence-electron chi connectivity index (χ3n) is 6.05. The highest BCUT2D eigenvalue weighted by molar-refractivity contribution is 7.88. The molecule has 1 heterocycles. The number of aromatic amines is 1. The smallest absolute Gasteiger partial charge is 0.235 e. The van der Waals surface area contributed by atoms with Gasteiger partial charge in [0.1, 0.15) is 6.26 Å². The lowest BCUT2D eigenvalue weighted by Crippen LogP contribution is -2.28. The molecule has 7 nitrogen and oxygen atoms in total. The molecule has 1 fully saturated rings. The lowest BCUT2D eigenvalue weighted by molar-refractivity contribution is -0.118. The zero-order valence-corrected chi connectivity index (χ0v) is 19.5. The van der Waals surface area contributed by atoms with E-state index in [1.54, 1.807) is 12.3 Å². The fourth-order valence-electron chi connectivity index (χ4n) is 3.96. The number of anilines is 1. The molecule has 1 amide bonds. The van der Waals surface area contributed by atoms with E-state index < -0.39 is 16.8 Å². The third kappa shape index (κ3) is 4.30. The van der Waals surface area contributed by atoms with Gasteiger partial charge in [-0.25, -0.2) is 0 Å². The minimum Gasteiger partial charge on any atom is -0.598 e. The number of rotatable bonds is 6. The number of fused-ring (bicyclic) bond motifs is 1. The summed E-state index contributed by atoms with van der Waals surface area (Å²) in [7, 11) is 0. The maximum atomic E-state index is 13.2. The number of aromatic nitrogens is 1. The van der Waals surface area contributed by atoms with Gasteiger partial charge in [-0.05, 0) is 54.3 Å². The minimum atomic E-state index is -1.17. The highest BCUT2D eigenvalue weighted by Gasteiger charge is 2.51. The van der Waals surface area contributed by atoms with Crippen LogP contribution < -0.4 is 10.0 Å². The molecule has 2 aromatic carbocycles. The molecule has 3 aromatic rings. The van der Waals surface area contributed by atoms with E-state index in [9.17, 15) is 19.6 Å². The van der Waals surface area contributed by atoms with Gasteiger partial charge in [-0.1, -0.05) is 26.8 Å². The molecule has 1 saturated carbocycles. The standard InChI is InChI=1S/C24H29N3O4S/c1-23(2,3)20-11-14-9-17(10-15(21(14)27-20)13-25-32(4)31)26-22(30)24(7-8-24)16-5-6-18(28)19(29)12-16/h5-6,9-12,25,27-29H,7-8,13H2,1-4H3,(H,26,30). The molecule has 0 spiro atoms. The Bertz CT molecular complexity index is 1180. The molecule has 4 rings (SSSR count). The highest BCUT2D eigenvalue weighted by atomic mass is 32.2. The molecule has 1 unspecified atom stereocenters. The van der Waals surface area contributed by atoms with Crippen molar-refractivity contribution in [2.75, 3.05) is 11.6 Å². The first kappa shape index (κ1) is 22.5. The van der Waals surface area contributed by atoms with Crippen molar-refractivity contribution in [3.05, 3.63) is 53.2 Å². The Kier molecular flexibility index (Phi) is 5.65. The minimum absolute atomic E-state index is 0.0698. The molecule has 32 heavy (non-hydrogen) atoms. The van der Waals surface area contributed by atoms with Crippen molar-refractivity contribution >= 4 is 33.9 Å². The van der Waals surface area contributed by atoms with E-state index in [0.29, 0.717) is 30.6 Å². The number of phenolic OH excluding ortho intramolecular Hbond substituents is 2. The maximum absolute atomic E-state index is 13.2. The summed E-state index contributed by atoms with van der Waals surface area (Å²) in [6.07, 6.45) is 2.93. The van der Waals surface area contributed by atoms with Crippen molar-refractivity contribution in [2.24, 2.45) is 0 Å². The van der Waals surface area contributed by atoms with E-state index in [4.69, 9.17) is 0 Å². The van der Waals surface area contributed by atoms with Crippen LogP contribution in [0.3, 0.4) is 0 Å². The summed E-state index contributed by atoms with van der Waals surface area (Å²) in [5, 5.41) is 23.5. The van der Waals surface area contributed by atoms with Crippen LogP contribution in [0.4, 0.5) is 5.69 Å². The summed E-state index contributed by atoms with van der Waals surface area (Å²) in [4.78, 5) is 16.7. The van der Waals surface area contributed by atoms with Crippen molar-refractivity contribution in [3.63, 3.8) is 0 Å². The predicted octanol–water partition coefficient (Wildman–Crippen LogP) is 3.93. The highest BCUT2D eigenvalue weighted by Crippen LogP contribution is 2.50. The Balaban J connectivity index is 1.67. The lowest BCUT2D eigenvalue weighted by Gasteiger charge is -2.17. The van der Waals surface area contributed by atoms with Crippen molar-refractivity contribution in [1.29, 1.82) is 0 Å². The van der Waals surface area contributed by atoms with Crippen LogP contribution in [0, 0.1) is 0 Å². The van der Waals surface area contributed by atoms with Gasteiger partial charge < -0.3 is 25.1 Å². The maximum Gasteiger partial charge on any atom is 0.235 e. The summed E-state index contributed by atoms with van der Waals surface area (Å²) >= 11 is -1.17. The lowest BCUT2D eigenvalue weighted by atomic mass is 9.92. The van der Waals surface area contributed by atoms with Crippen LogP contribution in [-0.4, -0.2) is 31.9 Å². The number of aromatic hydroxyl groups is 2. The van der Waals surface area contributed by atoms with E-state index in [0.717, 1.165) is 22.2 Å². The second-order valence-corrected chi connectivity index (χ2v) is 10.7. The molecule has 1 aliphatic carbocycles. The zero-order valence-electron chi connectivity index (χ0n) is 18.7. The summed E-state index contributed by atoms with van der Waals surface area (Å²) in [5.74, 6) is -0.583. The number of carbonyl (C=O) groups excluding carboxylic acids is 1. The van der Waals surface area contributed by atoms with Gasteiger partial charge in [0.05, 0.1) is 17.5 Å². The van der Waals surface area contributed by atoms with Crippen LogP contribution >= 0.6 is 0 Å². The van der Waals surface area contributed by atoms with Gasteiger partial charge in [0, 0.05) is 33.5 Å². The van der Waals surface area contributed by atoms with Crippen LogP contribution in [0.1, 0.15) is 50.4 Å². The monoisotopic (exact) mass is 455 g/mol. The molecule has 0 saturated heterocycles. The number of hydrogen-bond acceptors (Lipinski definition) is 5. The summed E-state index contributed by atoms with van der Waals surface area (Å²) in [5.41, 5.74) is 3.51. The van der Waals surface area contributed by atoms with Crippen molar-refractivity contribution in [1.82, 2.24) is 9.71 Å². The van der Waals surface area contributed by atoms with Gasteiger partial charge in [-0.2, -0.15) is 0 Å². The Hall–Kier alpha value is -2.68. The molecule has 170 valence electrons. The Labute approximate surface area is 190 Å². The molecular weight excluding hydrogens is 426 g/mol. The third-order valence-corrected chi connectivity index (χ3v) is 6.61. The number of amides is 1. The van der Waals surface area contributed by atoms with Crippen LogP contribution in [-0.2, 0) is 33.5 Å². The van der Waals surface area contributed by atoms with Gasteiger partial charge in [0.2, 0.25) is 5.91 Å². The van der Waals surface area contributed by atoms with Gasteiger partial charge in [0.25, 0.3) is 0 Å². The van der Waals surface area contributed by atoms with Crippen LogP contribution in [0.5, 0.6) is 11.5 Å². The number of H-pyrrole nitrogens is 1. The molecular formula is C24H29N3O4S. The van der Waals surface area contributed by atoms with Gasteiger partial charge >= 0.3 is 0 Å². The quantitative estimate of drug-likeness (QED) is 0.285. The van der Waals surface area contributed by atoms with E-state index in [1.165, 1.54) is 12.1 Å². The molecule has 0 radical (unpaired) electrons. The van der Waals surface area contributed by atoms with E-state index in [-0.39, 0.29) is 22.8 Å². The number of hydrogen-bond donors (Lipinski definition) is 5. The van der Waals surface area contributed by atoms with Crippen LogP contribution in [0.2, 0.25) is 0 Å². The van der Waals surface area contributed by atoms with Crippen molar-refractivity contribution in [3.8, 4) is 11.5 Å². The molecule has 0 bridgehead atoms. The molecule has 1 aliphatic rings. The Morgan fingerprint density at radius 1 is 1.16 bits per heavy atom. The van der Waals surface area contributed by atoms with Crippen molar-refractivity contribution < 1.29 is 19.6 Å². The Morgan fingerprint density at radius 3 is 2.47 bits per heavy atom. The van der Waals surface area contributed by atoms with Gasteiger partial charge in [0.15, 0.2) is 11.5 Å². The second kappa shape index (κ2) is 8.03. The molecule has 0 aliphatic heterocycles. The molecule has 1 atom stereocenters. The topological polar surface area (TPSA) is 120 Å². The molecule has 5 N–H and O–H groups in total. The number of nitrogens with one attached hydrogen (secondary N) is 3. The number of carbonyl (C=O) groups is 1. The second-order valence-electron chi connectivity index (χ2n) is 9.55. The first-order valence-corrected chi connectivity index (χ1v) is 12.1. The van der Waals surface area contributed by atoms with Gasteiger partial charge in [-0.3, -0.25) is 4.79 Å². The fraction of sp³-hybridized carbons (Fsp3) is 0.375. The normalized spacial score (nSPS) is 16.2. The van der Waals surface area contributed by atoms with E-state index in [2.05, 4.69) is 41.9 Å².